The van der Waals surface area contributed by atoms with Crippen molar-refractivity contribution in [3.8, 4) is 0 Å². The first-order valence-electron chi connectivity index (χ1n) is 11.6. The molecule has 0 saturated carbocycles. The number of aryl methyl sites for hydroxylation is 1. The van der Waals surface area contributed by atoms with Crippen LogP contribution in [0, 0.1) is 0 Å². The summed E-state index contributed by atoms with van der Waals surface area (Å²) in [5, 5.41) is 37.6. The summed E-state index contributed by atoms with van der Waals surface area (Å²) in [5.41, 5.74) is 0.672. The number of aliphatic hydroxyl groups is 1. The molecule has 0 atom stereocenters. The van der Waals surface area contributed by atoms with Crippen molar-refractivity contribution >= 4 is 33.7 Å². The molecular weight excluding hydrogens is 480 g/mol. The number of aliphatic hydroxyl groups excluding tert-OH is 1. The molecule has 0 bridgehead atoms. The molecule has 0 amide bonds. The summed E-state index contributed by atoms with van der Waals surface area (Å²) in [5.74, 6) is -2.01. The van der Waals surface area contributed by atoms with Crippen molar-refractivity contribution < 1.29 is 34.4 Å². The number of nitrogens with zero attached hydrogens (tertiary/aromatic N) is 4. The van der Waals surface area contributed by atoms with E-state index in [9.17, 15) is 14.7 Å². The van der Waals surface area contributed by atoms with Crippen molar-refractivity contribution in [3.63, 3.8) is 0 Å². The minimum Gasteiger partial charge on any atom is -0.479 e. The summed E-state index contributed by atoms with van der Waals surface area (Å²) in [7, 11) is 1.86. The lowest BCUT2D eigenvalue weighted by molar-refractivity contribution is -0.163. The molecule has 2 heterocycles. The van der Waals surface area contributed by atoms with Crippen molar-refractivity contribution in [2.75, 3.05) is 0 Å². The molecule has 2 aromatic heterocycles. The summed E-state index contributed by atoms with van der Waals surface area (Å²) < 4.78 is 14.0. The molecule has 2 aromatic carbocycles. The normalized spacial score (nSPS) is 11.9. The van der Waals surface area contributed by atoms with Crippen molar-refractivity contribution in [2.24, 2.45) is 7.05 Å². The average molecular weight is 513 g/mol. The van der Waals surface area contributed by atoms with Gasteiger partial charge in [-0.05, 0) is 39.8 Å². The lowest BCUT2D eigenvalue weighted by Crippen LogP contribution is -2.34. The van der Waals surface area contributed by atoms with Crippen LogP contribution in [0.5, 0.6) is 0 Å². The van der Waals surface area contributed by atoms with Gasteiger partial charge in [-0.15, -0.1) is 0 Å². The number of carboxylic acid groups (broad SMARTS) is 2. The van der Waals surface area contributed by atoms with Crippen LogP contribution in [0.1, 0.15) is 39.1 Å². The van der Waals surface area contributed by atoms with Crippen molar-refractivity contribution in [2.45, 2.75) is 58.8 Å². The Kier molecular flexibility index (Phi) is 8.32. The minimum atomic E-state index is -1.27. The molecule has 0 unspecified atom stereocenters. The molecule has 0 aliphatic carbocycles. The Bertz CT molecular complexity index is 1400. The summed E-state index contributed by atoms with van der Waals surface area (Å²) in [6.45, 7) is 6.05. The molecule has 11 nitrogen and oxygen atoms in total. The first kappa shape index (κ1) is 27.8. The molecule has 37 heavy (non-hydrogen) atoms. The molecule has 0 aliphatic heterocycles. The lowest BCUT2D eigenvalue weighted by Gasteiger charge is -2.19. The largest absolute Gasteiger partial charge is 0.479 e. The lowest BCUT2D eigenvalue weighted by atomic mass is 10.1. The summed E-state index contributed by atoms with van der Waals surface area (Å²) in [6.07, 6.45) is 0. The fourth-order valence-corrected chi connectivity index (χ4v) is 3.43. The van der Waals surface area contributed by atoms with Gasteiger partial charge in [0, 0.05) is 17.8 Å². The molecule has 4 aromatic rings. The summed E-state index contributed by atoms with van der Waals surface area (Å²) in [6, 6.07) is 15.2. The second-order valence-corrected chi connectivity index (χ2v) is 9.40. The number of rotatable bonds is 9. The predicted octanol–water partition coefficient (Wildman–Crippen LogP) is 3.32. The van der Waals surface area contributed by atoms with Crippen LogP contribution in [0.4, 0.5) is 0 Å². The monoisotopic (exact) mass is 512 g/mol. The molecular formula is C26H32N4O7. The fraction of sp³-hybridized carbons (Fsp3) is 0.385. The number of para-hydroxylation sites is 2. The Morgan fingerprint density at radius 1 is 0.784 bits per heavy atom. The van der Waals surface area contributed by atoms with E-state index in [1.54, 1.807) is 4.68 Å². The van der Waals surface area contributed by atoms with E-state index in [4.69, 9.17) is 19.7 Å². The highest BCUT2D eigenvalue weighted by Gasteiger charge is 2.29. The van der Waals surface area contributed by atoms with Crippen LogP contribution in [-0.4, -0.2) is 58.0 Å². The van der Waals surface area contributed by atoms with Crippen molar-refractivity contribution in [1.82, 2.24) is 19.6 Å². The van der Waals surface area contributed by atoms with Crippen LogP contribution in [0.15, 0.2) is 48.5 Å². The Hall–Kier alpha value is -3.80. The number of hydrogen-bond donors (Lipinski definition) is 3. The minimum absolute atomic E-state index is 0.0762. The van der Waals surface area contributed by atoms with Gasteiger partial charge in [0.05, 0.1) is 35.6 Å². The van der Waals surface area contributed by atoms with E-state index in [2.05, 4.69) is 10.2 Å². The van der Waals surface area contributed by atoms with Gasteiger partial charge in [-0.2, -0.15) is 10.2 Å². The third kappa shape index (κ3) is 6.31. The molecule has 198 valence electrons. The Balaban J connectivity index is 0.000000206. The Labute approximate surface area is 213 Å². The fourth-order valence-electron chi connectivity index (χ4n) is 3.43. The molecule has 0 spiro atoms. The van der Waals surface area contributed by atoms with Crippen LogP contribution in [0.3, 0.4) is 0 Å². The maximum absolute atomic E-state index is 11.0. The van der Waals surface area contributed by atoms with Gasteiger partial charge in [-0.3, -0.25) is 4.68 Å². The zero-order chi connectivity index (χ0) is 27.4. The number of hydrogen-bond acceptors (Lipinski definition) is 7. The molecule has 0 radical (unpaired) electrons. The van der Waals surface area contributed by atoms with Gasteiger partial charge in [-0.1, -0.05) is 36.4 Å². The van der Waals surface area contributed by atoms with E-state index in [-0.39, 0.29) is 19.9 Å². The standard InChI is InChI=1S/C13H16N2O4.C13H16N2O3/c1-13(2,12(17)18)19-7-10-9-5-3-4-6-11(9)15(8-16)14-10;1-13(2,12(16)17)18-8-10-9-6-4-5-7-11(9)15(3)14-10/h3-6,16H,7-8H2,1-2H3,(H,17,18);4-7H,8H2,1-3H3,(H,16,17). The third-order valence-electron chi connectivity index (χ3n) is 5.87. The molecule has 3 N–H and O–H groups in total. The second-order valence-electron chi connectivity index (χ2n) is 9.40. The van der Waals surface area contributed by atoms with Gasteiger partial charge >= 0.3 is 11.9 Å². The Morgan fingerprint density at radius 3 is 1.70 bits per heavy atom. The number of benzene rings is 2. The van der Waals surface area contributed by atoms with Gasteiger partial charge in [0.1, 0.15) is 6.73 Å². The number of aliphatic carboxylic acids is 2. The number of carboxylic acids is 2. The quantitative estimate of drug-likeness (QED) is 0.307. The van der Waals surface area contributed by atoms with Gasteiger partial charge in [0.2, 0.25) is 0 Å². The average Bonchev–Trinajstić information content (AvgIpc) is 3.39. The second kappa shape index (κ2) is 11.1. The van der Waals surface area contributed by atoms with Gasteiger partial charge in [-0.25, -0.2) is 14.3 Å². The molecule has 0 fully saturated rings. The SMILES string of the molecule is CC(C)(OCc1nn(CO)c2ccccc12)C(=O)O.Cn1nc(COC(C)(C)C(=O)O)c2ccccc21. The van der Waals surface area contributed by atoms with Crippen LogP contribution >= 0.6 is 0 Å². The zero-order valence-electron chi connectivity index (χ0n) is 21.5. The molecule has 0 aliphatic rings. The smallest absolute Gasteiger partial charge is 0.335 e. The van der Waals surface area contributed by atoms with Gasteiger partial charge in [0.25, 0.3) is 0 Å². The Morgan fingerprint density at radius 2 is 1.22 bits per heavy atom. The number of aromatic nitrogens is 4. The maximum Gasteiger partial charge on any atom is 0.335 e. The van der Waals surface area contributed by atoms with E-state index in [1.165, 1.54) is 32.4 Å². The molecule has 0 saturated heterocycles. The first-order valence-corrected chi connectivity index (χ1v) is 11.6. The van der Waals surface area contributed by atoms with E-state index in [0.29, 0.717) is 5.69 Å². The number of fused-ring (bicyclic) bond motifs is 2. The summed E-state index contributed by atoms with van der Waals surface area (Å²) >= 11 is 0. The highest BCUT2D eigenvalue weighted by Crippen LogP contribution is 2.22. The van der Waals surface area contributed by atoms with E-state index >= 15 is 0 Å². The zero-order valence-corrected chi connectivity index (χ0v) is 21.5. The summed E-state index contributed by atoms with van der Waals surface area (Å²) in [4.78, 5) is 21.9. The van der Waals surface area contributed by atoms with Crippen LogP contribution in [0.2, 0.25) is 0 Å². The van der Waals surface area contributed by atoms with Gasteiger partial charge < -0.3 is 24.8 Å². The van der Waals surface area contributed by atoms with Crippen molar-refractivity contribution in [1.29, 1.82) is 0 Å². The first-order chi connectivity index (χ1) is 17.4. The van der Waals surface area contributed by atoms with Crippen molar-refractivity contribution in [3.05, 3.63) is 59.9 Å². The molecule has 4 rings (SSSR count). The molecule has 11 heteroatoms. The third-order valence-corrected chi connectivity index (χ3v) is 5.87. The van der Waals surface area contributed by atoms with E-state index < -0.39 is 23.1 Å². The van der Waals surface area contributed by atoms with Crippen LogP contribution in [-0.2, 0) is 46.1 Å². The van der Waals surface area contributed by atoms with E-state index in [1.807, 2.05) is 55.6 Å². The number of carbonyl (C=O) groups is 2. The van der Waals surface area contributed by atoms with E-state index in [0.717, 1.165) is 27.5 Å². The predicted molar refractivity (Wildman–Crippen MR) is 136 cm³/mol. The topological polar surface area (TPSA) is 149 Å². The maximum atomic E-state index is 11.0. The van der Waals surface area contributed by atoms with Crippen LogP contribution < -0.4 is 0 Å². The highest BCUT2D eigenvalue weighted by molar-refractivity contribution is 5.82. The van der Waals surface area contributed by atoms with Crippen LogP contribution in [0.25, 0.3) is 21.8 Å². The van der Waals surface area contributed by atoms with Gasteiger partial charge in [0.15, 0.2) is 11.2 Å². The number of ether oxygens (including phenoxy) is 2. The highest BCUT2D eigenvalue weighted by atomic mass is 16.5.